The molecule has 1 aromatic carbocycles. The van der Waals surface area contributed by atoms with E-state index in [1.54, 1.807) is 0 Å². The zero-order valence-corrected chi connectivity index (χ0v) is 14.3. The third kappa shape index (κ3) is 3.26. The highest BCUT2D eigenvalue weighted by Crippen LogP contribution is 2.32. The lowest BCUT2D eigenvalue weighted by molar-refractivity contribution is 0.161. The highest BCUT2D eigenvalue weighted by atomic mass is 16.2. The van der Waals surface area contributed by atoms with Crippen LogP contribution in [-0.2, 0) is 6.54 Å². The standard InChI is InChI=1S/C19H25N3O/c1-14-7-9-15(10-8-14)17-16-6-5-11-21(16)12-13-22(17)18(23)20-19(2,3)4/h5-11,17H,12-13H2,1-4H3,(H,20,23)/t17-/m0/s1. The topological polar surface area (TPSA) is 37.3 Å². The van der Waals surface area contributed by atoms with E-state index in [-0.39, 0.29) is 17.6 Å². The molecule has 0 unspecified atom stereocenters. The van der Waals surface area contributed by atoms with Crippen LogP contribution in [0.5, 0.6) is 0 Å². The number of urea groups is 1. The zero-order valence-electron chi connectivity index (χ0n) is 14.3. The summed E-state index contributed by atoms with van der Waals surface area (Å²) in [6.45, 7) is 9.66. The molecule has 1 N–H and O–H groups in total. The fourth-order valence-electron chi connectivity index (χ4n) is 3.09. The summed E-state index contributed by atoms with van der Waals surface area (Å²) >= 11 is 0. The van der Waals surface area contributed by atoms with Gasteiger partial charge in [0, 0.05) is 30.5 Å². The number of fused-ring (bicyclic) bond motifs is 1. The van der Waals surface area contributed by atoms with Crippen LogP contribution in [0.4, 0.5) is 4.79 Å². The smallest absolute Gasteiger partial charge is 0.318 e. The van der Waals surface area contributed by atoms with Gasteiger partial charge in [0.15, 0.2) is 0 Å². The third-order valence-corrected chi connectivity index (χ3v) is 4.17. The fourth-order valence-corrected chi connectivity index (χ4v) is 3.09. The largest absolute Gasteiger partial charge is 0.348 e. The first-order valence-electron chi connectivity index (χ1n) is 8.15. The second-order valence-corrected chi connectivity index (χ2v) is 7.31. The fraction of sp³-hybridized carbons (Fsp3) is 0.421. The highest BCUT2D eigenvalue weighted by molar-refractivity contribution is 5.76. The van der Waals surface area contributed by atoms with Crippen LogP contribution >= 0.6 is 0 Å². The van der Waals surface area contributed by atoms with Crippen molar-refractivity contribution in [1.29, 1.82) is 0 Å². The van der Waals surface area contributed by atoms with Crippen LogP contribution in [-0.4, -0.2) is 27.6 Å². The summed E-state index contributed by atoms with van der Waals surface area (Å²) in [5.74, 6) is 0. The number of aromatic nitrogens is 1. The van der Waals surface area contributed by atoms with E-state index in [0.29, 0.717) is 6.54 Å². The summed E-state index contributed by atoms with van der Waals surface area (Å²) in [5.41, 5.74) is 3.31. The molecule has 4 nitrogen and oxygen atoms in total. The van der Waals surface area contributed by atoms with Crippen molar-refractivity contribution in [2.75, 3.05) is 6.54 Å². The summed E-state index contributed by atoms with van der Waals surface area (Å²) < 4.78 is 2.24. The number of carbonyl (C=O) groups is 1. The number of nitrogens with one attached hydrogen (secondary N) is 1. The zero-order chi connectivity index (χ0) is 16.6. The van der Waals surface area contributed by atoms with Gasteiger partial charge in [0.2, 0.25) is 0 Å². The molecular weight excluding hydrogens is 286 g/mol. The lowest BCUT2D eigenvalue weighted by Gasteiger charge is -2.39. The summed E-state index contributed by atoms with van der Waals surface area (Å²) in [6, 6.07) is 12.6. The Kier molecular flexibility index (Phi) is 3.92. The molecule has 0 saturated heterocycles. The maximum Gasteiger partial charge on any atom is 0.318 e. The monoisotopic (exact) mass is 311 g/mol. The summed E-state index contributed by atoms with van der Waals surface area (Å²) in [4.78, 5) is 14.8. The predicted octanol–water partition coefficient (Wildman–Crippen LogP) is 3.71. The number of hydrogen-bond acceptors (Lipinski definition) is 1. The van der Waals surface area contributed by atoms with Crippen LogP contribution < -0.4 is 5.32 Å². The van der Waals surface area contributed by atoms with Crippen molar-refractivity contribution in [2.45, 2.75) is 45.8 Å². The van der Waals surface area contributed by atoms with E-state index in [4.69, 9.17) is 0 Å². The molecule has 1 atom stereocenters. The average Bonchev–Trinajstić information content (AvgIpc) is 2.93. The van der Waals surface area contributed by atoms with Crippen molar-refractivity contribution in [3.63, 3.8) is 0 Å². The minimum atomic E-state index is -0.242. The van der Waals surface area contributed by atoms with Gasteiger partial charge in [-0.05, 0) is 45.4 Å². The minimum Gasteiger partial charge on any atom is -0.348 e. The molecule has 0 radical (unpaired) electrons. The van der Waals surface area contributed by atoms with Gasteiger partial charge in [-0.2, -0.15) is 0 Å². The van der Waals surface area contributed by atoms with Crippen LogP contribution in [0.2, 0.25) is 0 Å². The van der Waals surface area contributed by atoms with E-state index in [1.807, 2.05) is 25.7 Å². The number of benzene rings is 1. The Labute approximate surface area is 138 Å². The number of rotatable bonds is 1. The molecule has 1 aliphatic heterocycles. The lowest BCUT2D eigenvalue weighted by Crippen LogP contribution is -2.52. The SMILES string of the molecule is Cc1ccc([C@H]2c3cccn3CCN2C(=O)NC(C)(C)C)cc1. The van der Waals surface area contributed by atoms with Gasteiger partial charge in [-0.25, -0.2) is 4.79 Å². The average molecular weight is 311 g/mol. The Hall–Kier alpha value is -2.23. The molecule has 0 aliphatic carbocycles. The van der Waals surface area contributed by atoms with E-state index in [9.17, 15) is 4.79 Å². The first-order valence-corrected chi connectivity index (χ1v) is 8.15. The van der Waals surface area contributed by atoms with Crippen LogP contribution in [0.25, 0.3) is 0 Å². The van der Waals surface area contributed by atoms with Crippen molar-refractivity contribution in [2.24, 2.45) is 0 Å². The van der Waals surface area contributed by atoms with E-state index in [2.05, 4.69) is 59.4 Å². The van der Waals surface area contributed by atoms with Gasteiger partial charge in [-0.3, -0.25) is 0 Å². The Bertz CT molecular complexity index is 694. The lowest BCUT2D eigenvalue weighted by atomic mass is 9.99. The molecule has 0 fully saturated rings. The van der Waals surface area contributed by atoms with Crippen molar-refractivity contribution < 1.29 is 4.79 Å². The van der Waals surface area contributed by atoms with Crippen LogP contribution in [0, 0.1) is 6.92 Å². The maximum absolute atomic E-state index is 12.8. The molecule has 2 heterocycles. The van der Waals surface area contributed by atoms with E-state index in [1.165, 1.54) is 11.3 Å². The van der Waals surface area contributed by atoms with Crippen LogP contribution in [0.15, 0.2) is 42.6 Å². The normalized spacial score (nSPS) is 17.7. The number of carbonyl (C=O) groups excluding carboxylic acids is 1. The molecule has 0 bridgehead atoms. The third-order valence-electron chi connectivity index (χ3n) is 4.17. The van der Waals surface area contributed by atoms with Gasteiger partial charge >= 0.3 is 6.03 Å². The molecule has 2 aromatic rings. The first kappa shape index (κ1) is 15.7. The number of amides is 2. The summed E-state index contributed by atoms with van der Waals surface area (Å²) in [5, 5.41) is 3.10. The molecule has 0 saturated carbocycles. The second kappa shape index (κ2) is 5.76. The van der Waals surface area contributed by atoms with Gasteiger partial charge in [-0.1, -0.05) is 29.8 Å². The number of aryl methyl sites for hydroxylation is 1. The van der Waals surface area contributed by atoms with E-state index in [0.717, 1.165) is 12.1 Å². The quantitative estimate of drug-likeness (QED) is 0.856. The van der Waals surface area contributed by atoms with Gasteiger partial charge in [0.1, 0.15) is 0 Å². The van der Waals surface area contributed by atoms with Crippen molar-refractivity contribution in [1.82, 2.24) is 14.8 Å². The Morgan fingerprint density at radius 3 is 2.48 bits per heavy atom. The molecular formula is C19H25N3O. The highest BCUT2D eigenvalue weighted by Gasteiger charge is 2.33. The van der Waals surface area contributed by atoms with Gasteiger partial charge < -0.3 is 14.8 Å². The summed E-state index contributed by atoms with van der Waals surface area (Å²) in [7, 11) is 0. The molecule has 1 aromatic heterocycles. The molecule has 23 heavy (non-hydrogen) atoms. The Morgan fingerprint density at radius 2 is 1.83 bits per heavy atom. The van der Waals surface area contributed by atoms with Gasteiger partial charge in [0.05, 0.1) is 6.04 Å². The number of hydrogen-bond donors (Lipinski definition) is 1. The van der Waals surface area contributed by atoms with Crippen molar-refractivity contribution in [3.8, 4) is 0 Å². The van der Waals surface area contributed by atoms with Crippen molar-refractivity contribution >= 4 is 6.03 Å². The molecule has 3 rings (SSSR count). The molecule has 122 valence electrons. The summed E-state index contributed by atoms with van der Waals surface area (Å²) in [6.07, 6.45) is 2.09. The van der Waals surface area contributed by atoms with Crippen LogP contribution in [0.3, 0.4) is 0 Å². The van der Waals surface area contributed by atoms with Gasteiger partial charge in [0.25, 0.3) is 0 Å². The predicted molar refractivity (Wildman–Crippen MR) is 92.4 cm³/mol. The minimum absolute atomic E-state index is 0.00414. The van der Waals surface area contributed by atoms with E-state index < -0.39 is 0 Å². The Balaban J connectivity index is 1.98. The molecule has 4 heteroatoms. The van der Waals surface area contributed by atoms with Crippen LogP contribution in [0.1, 0.15) is 43.6 Å². The molecule has 1 aliphatic rings. The second-order valence-electron chi connectivity index (χ2n) is 7.31. The maximum atomic E-state index is 12.8. The van der Waals surface area contributed by atoms with E-state index >= 15 is 0 Å². The molecule has 0 spiro atoms. The van der Waals surface area contributed by atoms with Gasteiger partial charge in [-0.15, -0.1) is 0 Å². The Morgan fingerprint density at radius 1 is 1.13 bits per heavy atom. The number of nitrogens with zero attached hydrogens (tertiary/aromatic N) is 2. The van der Waals surface area contributed by atoms with Crippen molar-refractivity contribution in [3.05, 3.63) is 59.4 Å². The first-order chi connectivity index (χ1) is 10.8. The molecule has 2 amide bonds.